The van der Waals surface area contributed by atoms with Gasteiger partial charge >= 0.3 is 0 Å². The highest BCUT2D eigenvalue weighted by atomic mass is 16.2. The van der Waals surface area contributed by atoms with Crippen LogP contribution in [0.25, 0.3) is 0 Å². The number of hydrogen-bond donors (Lipinski definition) is 0. The van der Waals surface area contributed by atoms with E-state index in [2.05, 4.69) is 0 Å². The first-order valence-electron chi connectivity index (χ1n) is 7.53. The van der Waals surface area contributed by atoms with E-state index in [9.17, 15) is 9.59 Å². The molecule has 1 aliphatic rings. The molecule has 0 bridgehead atoms. The molecular formula is C19H19NO2. The summed E-state index contributed by atoms with van der Waals surface area (Å²) >= 11 is 0. The zero-order valence-corrected chi connectivity index (χ0v) is 12.9. The van der Waals surface area contributed by atoms with Crippen molar-refractivity contribution in [2.45, 2.75) is 26.7 Å². The van der Waals surface area contributed by atoms with Crippen molar-refractivity contribution < 1.29 is 9.59 Å². The number of carbonyl (C=O) groups is 2. The highest BCUT2D eigenvalue weighted by Gasteiger charge is 2.39. The molecule has 3 heteroatoms. The third kappa shape index (κ3) is 2.80. The first-order chi connectivity index (χ1) is 10.5. The molecule has 112 valence electrons. The standard InChI is InChI=1S/C19H19NO2/c1-13-3-7-15(8-4-13)11-16-12-18(21)20(19(16)22)17-9-5-14(2)6-10-17/h3-10,16H,11-12H2,1-2H3/t16-/m1/s1. The van der Waals surface area contributed by atoms with Crippen LogP contribution in [-0.2, 0) is 16.0 Å². The van der Waals surface area contributed by atoms with Crippen LogP contribution in [0.1, 0.15) is 23.1 Å². The molecule has 2 aromatic carbocycles. The largest absolute Gasteiger partial charge is 0.274 e. The molecule has 0 aliphatic carbocycles. The van der Waals surface area contributed by atoms with Crippen LogP contribution in [0, 0.1) is 19.8 Å². The molecule has 2 aromatic rings. The first-order valence-corrected chi connectivity index (χ1v) is 7.53. The maximum atomic E-state index is 12.6. The average molecular weight is 293 g/mol. The second kappa shape index (κ2) is 5.76. The van der Waals surface area contributed by atoms with E-state index in [0.29, 0.717) is 18.5 Å². The fourth-order valence-corrected chi connectivity index (χ4v) is 2.83. The van der Waals surface area contributed by atoms with Crippen molar-refractivity contribution in [1.29, 1.82) is 0 Å². The molecule has 0 spiro atoms. The second-order valence-corrected chi connectivity index (χ2v) is 5.99. The molecule has 0 unspecified atom stereocenters. The van der Waals surface area contributed by atoms with Crippen LogP contribution >= 0.6 is 0 Å². The van der Waals surface area contributed by atoms with Gasteiger partial charge in [0.15, 0.2) is 0 Å². The SMILES string of the molecule is Cc1ccc(C[C@@H]2CC(=O)N(c3ccc(C)cc3)C2=O)cc1. The molecule has 3 rings (SSSR count). The van der Waals surface area contributed by atoms with Crippen molar-refractivity contribution in [3.63, 3.8) is 0 Å². The molecule has 0 N–H and O–H groups in total. The zero-order chi connectivity index (χ0) is 15.7. The molecule has 0 radical (unpaired) electrons. The van der Waals surface area contributed by atoms with E-state index in [1.165, 1.54) is 10.5 Å². The fraction of sp³-hybridized carbons (Fsp3) is 0.263. The van der Waals surface area contributed by atoms with Crippen LogP contribution in [0.15, 0.2) is 48.5 Å². The molecule has 1 fully saturated rings. The Morgan fingerprint density at radius 2 is 1.45 bits per heavy atom. The van der Waals surface area contributed by atoms with Crippen LogP contribution in [-0.4, -0.2) is 11.8 Å². The van der Waals surface area contributed by atoms with Crippen molar-refractivity contribution in [1.82, 2.24) is 0 Å². The summed E-state index contributed by atoms with van der Waals surface area (Å²) in [7, 11) is 0. The second-order valence-electron chi connectivity index (χ2n) is 5.99. The Hall–Kier alpha value is -2.42. The Labute approximate surface area is 130 Å². The normalized spacial score (nSPS) is 18.1. The lowest BCUT2D eigenvalue weighted by atomic mass is 9.97. The number of rotatable bonds is 3. The molecule has 1 atom stereocenters. The summed E-state index contributed by atoms with van der Waals surface area (Å²) in [6.07, 6.45) is 0.911. The molecule has 1 aliphatic heterocycles. The van der Waals surface area contributed by atoms with Crippen molar-refractivity contribution in [3.8, 4) is 0 Å². The molecule has 0 aromatic heterocycles. The summed E-state index contributed by atoms with van der Waals surface area (Å²) in [6, 6.07) is 15.6. The van der Waals surface area contributed by atoms with Crippen LogP contribution in [0.5, 0.6) is 0 Å². The van der Waals surface area contributed by atoms with Crippen molar-refractivity contribution in [3.05, 3.63) is 65.2 Å². The Balaban J connectivity index is 1.79. The molecule has 0 saturated carbocycles. The number of imide groups is 1. The van der Waals surface area contributed by atoms with Gasteiger partial charge in [0.2, 0.25) is 11.8 Å². The molecular weight excluding hydrogens is 274 g/mol. The van der Waals surface area contributed by atoms with Gasteiger partial charge in [-0.3, -0.25) is 14.5 Å². The first kappa shape index (κ1) is 14.5. The molecule has 3 nitrogen and oxygen atoms in total. The van der Waals surface area contributed by atoms with Gasteiger partial charge in [0.1, 0.15) is 0 Å². The Morgan fingerprint density at radius 3 is 2.05 bits per heavy atom. The maximum absolute atomic E-state index is 12.6. The van der Waals surface area contributed by atoms with Crippen molar-refractivity contribution in [2.75, 3.05) is 4.90 Å². The van der Waals surface area contributed by atoms with E-state index in [0.717, 1.165) is 11.1 Å². The minimum Gasteiger partial charge on any atom is -0.274 e. The summed E-state index contributed by atoms with van der Waals surface area (Å²) in [6.45, 7) is 4.02. The predicted molar refractivity (Wildman–Crippen MR) is 86.7 cm³/mol. The van der Waals surface area contributed by atoms with Gasteiger partial charge < -0.3 is 0 Å². The third-order valence-electron chi connectivity index (χ3n) is 4.13. The van der Waals surface area contributed by atoms with Gasteiger partial charge in [0, 0.05) is 6.42 Å². The topological polar surface area (TPSA) is 37.4 Å². The smallest absolute Gasteiger partial charge is 0.237 e. The number of hydrogen-bond acceptors (Lipinski definition) is 2. The van der Waals surface area contributed by atoms with E-state index in [1.54, 1.807) is 0 Å². The van der Waals surface area contributed by atoms with Crippen LogP contribution in [0.2, 0.25) is 0 Å². The molecule has 22 heavy (non-hydrogen) atoms. The van der Waals surface area contributed by atoms with Gasteiger partial charge in [-0.05, 0) is 38.0 Å². The van der Waals surface area contributed by atoms with E-state index < -0.39 is 0 Å². The summed E-state index contributed by atoms with van der Waals surface area (Å²) < 4.78 is 0. The summed E-state index contributed by atoms with van der Waals surface area (Å²) in [5.41, 5.74) is 4.08. The Morgan fingerprint density at radius 1 is 0.909 bits per heavy atom. The molecule has 1 heterocycles. The minimum atomic E-state index is -0.253. The van der Waals surface area contributed by atoms with Gasteiger partial charge in [-0.2, -0.15) is 0 Å². The third-order valence-corrected chi connectivity index (χ3v) is 4.13. The number of aryl methyl sites for hydroxylation is 2. The van der Waals surface area contributed by atoms with E-state index in [1.807, 2.05) is 62.4 Å². The Bertz CT molecular complexity index is 701. The van der Waals surface area contributed by atoms with Crippen LogP contribution < -0.4 is 4.90 Å². The summed E-state index contributed by atoms with van der Waals surface area (Å²) in [4.78, 5) is 26.1. The zero-order valence-electron chi connectivity index (χ0n) is 12.9. The van der Waals surface area contributed by atoms with Crippen LogP contribution in [0.4, 0.5) is 5.69 Å². The monoisotopic (exact) mass is 293 g/mol. The van der Waals surface area contributed by atoms with Gasteiger partial charge in [-0.15, -0.1) is 0 Å². The number of anilines is 1. The van der Waals surface area contributed by atoms with Gasteiger partial charge in [0.05, 0.1) is 11.6 Å². The number of amides is 2. The highest BCUT2D eigenvalue weighted by molar-refractivity contribution is 6.20. The average Bonchev–Trinajstić information content (AvgIpc) is 2.77. The quantitative estimate of drug-likeness (QED) is 0.813. The van der Waals surface area contributed by atoms with E-state index in [4.69, 9.17) is 0 Å². The minimum absolute atomic E-state index is 0.0885. The van der Waals surface area contributed by atoms with Gasteiger partial charge in [-0.25, -0.2) is 0 Å². The number of carbonyl (C=O) groups excluding carboxylic acids is 2. The fourth-order valence-electron chi connectivity index (χ4n) is 2.83. The lowest BCUT2D eigenvalue weighted by molar-refractivity contribution is -0.122. The summed E-state index contributed by atoms with van der Waals surface area (Å²) in [5, 5.41) is 0. The van der Waals surface area contributed by atoms with E-state index in [-0.39, 0.29) is 17.7 Å². The van der Waals surface area contributed by atoms with E-state index >= 15 is 0 Å². The van der Waals surface area contributed by atoms with Crippen molar-refractivity contribution in [2.24, 2.45) is 5.92 Å². The lowest BCUT2D eigenvalue weighted by Crippen LogP contribution is -2.30. The number of benzene rings is 2. The van der Waals surface area contributed by atoms with Gasteiger partial charge in [-0.1, -0.05) is 47.5 Å². The Kier molecular flexibility index (Phi) is 3.80. The van der Waals surface area contributed by atoms with Crippen LogP contribution in [0.3, 0.4) is 0 Å². The summed E-state index contributed by atoms with van der Waals surface area (Å²) in [5.74, 6) is -0.447. The van der Waals surface area contributed by atoms with Crippen molar-refractivity contribution >= 4 is 17.5 Å². The molecule has 2 amide bonds. The number of nitrogens with zero attached hydrogens (tertiary/aromatic N) is 1. The highest BCUT2D eigenvalue weighted by Crippen LogP contribution is 2.28. The maximum Gasteiger partial charge on any atom is 0.237 e. The molecule has 1 saturated heterocycles. The lowest BCUT2D eigenvalue weighted by Gasteiger charge is -2.15. The van der Waals surface area contributed by atoms with Gasteiger partial charge in [0.25, 0.3) is 0 Å². The predicted octanol–water partition coefficient (Wildman–Crippen LogP) is 3.43.